The van der Waals surface area contributed by atoms with E-state index in [1.807, 2.05) is 0 Å². The Morgan fingerprint density at radius 1 is 0.221 bits per heavy atom. The highest BCUT2D eigenvalue weighted by molar-refractivity contribution is 6.51. The first-order valence-corrected chi connectivity index (χ1v) is 24.8. The number of nitriles is 4. The van der Waals surface area contributed by atoms with Gasteiger partial charge in [0.05, 0.1) is 23.9 Å². The predicted octanol–water partition coefficient (Wildman–Crippen LogP) is -0.216. The zero-order valence-electron chi connectivity index (χ0n) is 43.9. The maximum absolute atomic E-state index is 7.56. The third-order valence-corrected chi connectivity index (χ3v) is 11.1. The number of hydrogen-bond donors (Lipinski definition) is 8. The normalized spacial score (nSPS) is 19.7. The maximum Gasteiger partial charge on any atom is 0.573 e. The van der Waals surface area contributed by atoms with Gasteiger partial charge in [0.15, 0.2) is 0 Å². The van der Waals surface area contributed by atoms with Crippen LogP contribution in [-0.4, -0.2) is 269 Å². The average molecular weight is 965 g/mol. The first-order valence-electron chi connectivity index (χ1n) is 24.8. The lowest BCUT2D eigenvalue weighted by atomic mass is 9.97. The van der Waals surface area contributed by atoms with Gasteiger partial charge in [-0.2, -0.15) is 0 Å². The van der Waals surface area contributed by atoms with Crippen molar-refractivity contribution >= 4 is 28.5 Å². The molecular weight excluding hydrogens is 868 g/mol. The topological polar surface area (TPSA) is 283 Å². The molecule has 0 aromatic rings. The Kier molecular flexibility index (Phi) is 57.2. The Morgan fingerprint density at radius 2 is 0.279 bits per heavy atom. The van der Waals surface area contributed by atoms with Gasteiger partial charge in [-0.3, -0.25) is 0 Å². The minimum atomic E-state index is -1.81. The summed E-state index contributed by atoms with van der Waals surface area (Å²) in [7, 11) is 10.1. The lowest BCUT2D eigenvalue weighted by molar-refractivity contribution is 0.418. The highest BCUT2D eigenvalue weighted by Gasteiger charge is 2.08. The Bertz CT molecular complexity index is 965. The van der Waals surface area contributed by atoms with Gasteiger partial charge < -0.3 is 79.4 Å². The smallest absolute Gasteiger partial charge is 0.415 e. The maximum atomic E-state index is 7.56. The molecule has 0 atom stereocenters. The van der Waals surface area contributed by atoms with Crippen LogP contribution in [0.25, 0.3) is 0 Å². The minimum absolute atomic E-state index is 1.14. The Morgan fingerprint density at radius 3 is 0.294 bits per heavy atom. The zero-order chi connectivity index (χ0) is 52.4. The second-order valence-corrected chi connectivity index (χ2v) is 18.1. The van der Waals surface area contributed by atoms with Crippen molar-refractivity contribution in [1.82, 2.24) is 39.2 Å². The number of rotatable bonds is 0. The van der Waals surface area contributed by atoms with Crippen molar-refractivity contribution in [3.05, 3.63) is 0 Å². The van der Waals surface area contributed by atoms with Gasteiger partial charge in [-0.25, -0.2) is 21.0 Å². The highest BCUT2D eigenvalue weighted by atomic mass is 16.4. The van der Waals surface area contributed by atoms with E-state index in [4.69, 9.17) is 61.2 Å². The van der Waals surface area contributed by atoms with Crippen molar-refractivity contribution in [3.8, 4) is 23.9 Å². The van der Waals surface area contributed by atoms with E-state index in [2.05, 4.69) is 95.6 Å². The van der Waals surface area contributed by atoms with Crippen LogP contribution in [0.2, 0.25) is 0 Å². The van der Waals surface area contributed by atoms with Gasteiger partial charge in [-0.05, 0) is 264 Å². The van der Waals surface area contributed by atoms with Gasteiger partial charge in [-0.15, -0.1) is 0 Å². The van der Waals surface area contributed by atoms with Crippen LogP contribution in [0.4, 0.5) is 0 Å². The molecule has 0 aromatic heterocycles. The molecule has 8 aliphatic rings. The van der Waals surface area contributed by atoms with Gasteiger partial charge in [0, 0.05) is 0 Å². The zero-order valence-corrected chi connectivity index (χ0v) is 43.9. The standard InChI is InChI=1S/8C5H11N.4CH2BNO2/c8*1-6-4-2-3-5-6;4*3-1-2(4)5/h8*2-5H2,1H3;4*4-5H. The fraction of sp³-hybridized carbons (Fsp3) is 0.909. The Hall–Kier alpha value is -2.42. The van der Waals surface area contributed by atoms with Crippen LogP contribution in [0, 0.1) is 44.9 Å². The number of hydrogen-bond acceptors (Lipinski definition) is 20. The molecule has 0 aromatic carbocycles. The molecule has 8 saturated heterocycles. The number of nitrogens with zero attached hydrogens (tertiary/aromatic N) is 12. The molecule has 8 heterocycles. The first kappa shape index (κ1) is 72.1. The Labute approximate surface area is 415 Å². The molecule has 0 spiro atoms. The molecule has 8 rings (SSSR count). The van der Waals surface area contributed by atoms with Crippen LogP contribution in [0.1, 0.15) is 103 Å². The summed E-state index contributed by atoms with van der Waals surface area (Å²) in [6.45, 7) is 21.1. The van der Waals surface area contributed by atoms with E-state index >= 15 is 0 Å². The third kappa shape index (κ3) is 65.7. The molecule has 392 valence electrons. The van der Waals surface area contributed by atoms with Crippen molar-refractivity contribution in [1.29, 1.82) is 21.0 Å². The SMILES string of the molecule is CN1CCCC1.CN1CCCC1.CN1CCCC1.CN1CCCC1.CN1CCCC1.CN1CCCC1.CN1CCCC1.CN1CCCC1.N#CB(O)O.N#CB(O)O.N#CB(O)O.N#CB(O)O. The van der Waals surface area contributed by atoms with Crippen LogP contribution in [0.3, 0.4) is 0 Å². The monoisotopic (exact) mass is 965 g/mol. The van der Waals surface area contributed by atoms with E-state index < -0.39 is 28.5 Å². The average Bonchev–Trinajstić information content (AvgIpc) is 4.15. The van der Waals surface area contributed by atoms with Crippen LogP contribution in [0.15, 0.2) is 0 Å². The summed E-state index contributed by atoms with van der Waals surface area (Å²) in [5, 5.41) is 90.0. The van der Waals surface area contributed by atoms with E-state index in [0.717, 1.165) is 23.9 Å². The summed E-state index contributed by atoms with van der Waals surface area (Å²) in [6.07, 6.45) is 22.6. The van der Waals surface area contributed by atoms with Crippen molar-refractivity contribution in [2.75, 3.05) is 161 Å². The quantitative estimate of drug-likeness (QED) is 0.146. The van der Waals surface area contributed by atoms with Crippen LogP contribution >= 0.6 is 0 Å². The summed E-state index contributed by atoms with van der Waals surface area (Å²) < 4.78 is 0. The largest absolute Gasteiger partial charge is 0.573 e. The van der Waals surface area contributed by atoms with Gasteiger partial charge >= 0.3 is 28.5 Å². The van der Waals surface area contributed by atoms with Crippen LogP contribution in [0.5, 0.6) is 0 Å². The van der Waals surface area contributed by atoms with Gasteiger partial charge in [-0.1, -0.05) is 0 Å². The summed E-state index contributed by atoms with van der Waals surface area (Å²) in [4.78, 5) is 18.9. The van der Waals surface area contributed by atoms with Crippen LogP contribution in [-0.2, 0) is 0 Å². The lowest BCUT2D eigenvalue weighted by Gasteiger charge is -2.01. The fourth-order valence-corrected chi connectivity index (χ4v) is 7.00. The second kappa shape index (κ2) is 53.9. The van der Waals surface area contributed by atoms with E-state index in [0.29, 0.717) is 0 Å². The highest BCUT2D eigenvalue weighted by Crippen LogP contribution is 2.06. The molecule has 8 fully saturated rings. The third-order valence-electron chi connectivity index (χ3n) is 11.1. The van der Waals surface area contributed by atoms with E-state index in [1.54, 1.807) is 0 Å². The molecule has 24 heteroatoms. The molecule has 0 amide bonds. The molecule has 8 aliphatic heterocycles. The number of likely N-dealkylation sites (tertiary alicyclic amines) is 8. The predicted molar refractivity (Wildman–Crippen MR) is 277 cm³/mol. The van der Waals surface area contributed by atoms with Crippen LogP contribution < -0.4 is 0 Å². The Balaban J connectivity index is -0.000000329. The van der Waals surface area contributed by atoms with Crippen molar-refractivity contribution < 1.29 is 40.2 Å². The van der Waals surface area contributed by atoms with Crippen molar-refractivity contribution in [3.63, 3.8) is 0 Å². The molecule has 20 nitrogen and oxygen atoms in total. The lowest BCUT2D eigenvalue weighted by Crippen LogP contribution is -2.10. The summed E-state index contributed by atoms with van der Waals surface area (Å²) in [6, 6.07) is 0. The first-order chi connectivity index (χ1) is 32.2. The van der Waals surface area contributed by atoms with Gasteiger partial charge in [0.1, 0.15) is 0 Å². The van der Waals surface area contributed by atoms with Crippen molar-refractivity contribution in [2.45, 2.75) is 103 Å². The molecule has 0 saturated carbocycles. The molecule has 68 heavy (non-hydrogen) atoms. The molecule has 0 aliphatic carbocycles. The molecule has 0 radical (unpaired) electrons. The minimum Gasteiger partial charge on any atom is -0.415 e. The molecule has 0 bridgehead atoms. The van der Waals surface area contributed by atoms with Gasteiger partial charge in [0.25, 0.3) is 0 Å². The molecule has 8 N–H and O–H groups in total. The molecule has 0 unspecified atom stereocenters. The molecular formula is C44H96B4N12O8. The van der Waals surface area contributed by atoms with E-state index in [-0.39, 0.29) is 0 Å². The fourth-order valence-electron chi connectivity index (χ4n) is 7.00. The van der Waals surface area contributed by atoms with Crippen molar-refractivity contribution in [2.24, 2.45) is 0 Å². The summed E-state index contributed by atoms with van der Waals surface area (Å²) in [5.74, 6) is 4.56. The summed E-state index contributed by atoms with van der Waals surface area (Å²) >= 11 is 0. The van der Waals surface area contributed by atoms with E-state index in [1.165, 1.54) is 207 Å². The summed E-state index contributed by atoms with van der Waals surface area (Å²) in [5.41, 5.74) is 0. The van der Waals surface area contributed by atoms with E-state index in [9.17, 15) is 0 Å². The second-order valence-electron chi connectivity index (χ2n) is 18.1. The van der Waals surface area contributed by atoms with Gasteiger partial charge in [0.2, 0.25) is 0 Å².